The standard InChI is InChI=1S/C27H35F/c1-2-3-4-5-6-7-8-9-22-10-12-23(13-11-22)24-14-16-25(17-15-24)26-18-20-27(28)21-19-26/h8-17,26-27H,2-7,18-21H2,1H3/b9-8+. The molecule has 1 heteroatoms. The van der Waals surface area contributed by atoms with Gasteiger partial charge in [0.2, 0.25) is 0 Å². The van der Waals surface area contributed by atoms with Gasteiger partial charge in [-0.05, 0) is 66.7 Å². The van der Waals surface area contributed by atoms with Crippen molar-refractivity contribution in [3.8, 4) is 11.1 Å². The quantitative estimate of drug-likeness (QED) is 0.383. The minimum atomic E-state index is -0.579. The van der Waals surface area contributed by atoms with Crippen LogP contribution in [0, 0.1) is 0 Å². The predicted molar refractivity (Wildman–Crippen MR) is 120 cm³/mol. The largest absolute Gasteiger partial charge is 0.247 e. The summed E-state index contributed by atoms with van der Waals surface area (Å²) in [6.07, 6.45) is 15.3. The fourth-order valence-electron chi connectivity index (χ4n) is 4.21. The van der Waals surface area contributed by atoms with E-state index in [9.17, 15) is 4.39 Å². The smallest absolute Gasteiger partial charge is 0.100 e. The highest BCUT2D eigenvalue weighted by Crippen LogP contribution is 2.34. The molecule has 0 atom stereocenters. The fourth-order valence-corrected chi connectivity index (χ4v) is 4.21. The summed E-state index contributed by atoms with van der Waals surface area (Å²) < 4.78 is 13.3. The molecule has 28 heavy (non-hydrogen) atoms. The molecular formula is C27H35F. The van der Waals surface area contributed by atoms with Gasteiger partial charge in [0.1, 0.15) is 6.17 Å². The average Bonchev–Trinajstić information content (AvgIpc) is 2.74. The molecule has 0 nitrogen and oxygen atoms in total. The molecule has 0 unspecified atom stereocenters. The Morgan fingerprint density at radius 2 is 1.39 bits per heavy atom. The second-order valence-electron chi connectivity index (χ2n) is 8.30. The second-order valence-corrected chi connectivity index (χ2v) is 8.30. The Kier molecular flexibility index (Phi) is 8.33. The Balaban J connectivity index is 1.50. The van der Waals surface area contributed by atoms with E-state index in [0.29, 0.717) is 5.92 Å². The van der Waals surface area contributed by atoms with Gasteiger partial charge in [0.05, 0.1) is 0 Å². The van der Waals surface area contributed by atoms with Crippen molar-refractivity contribution < 1.29 is 4.39 Å². The number of hydrogen-bond donors (Lipinski definition) is 0. The van der Waals surface area contributed by atoms with Crippen molar-refractivity contribution in [1.82, 2.24) is 0 Å². The summed E-state index contributed by atoms with van der Waals surface area (Å²) in [5.74, 6) is 0.538. The van der Waals surface area contributed by atoms with E-state index in [1.807, 2.05) is 0 Å². The minimum Gasteiger partial charge on any atom is -0.247 e. The summed E-state index contributed by atoms with van der Waals surface area (Å²) >= 11 is 0. The van der Waals surface area contributed by atoms with Gasteiger partial charge in [-0.25, -0.2) is 4.39 Å². The Morgan fingerprint density at radius 3 is 2.04 bits per heavy atom. The molecule has 0 N–H and O–H groups in total. The first-order valence-corrected chi connectivity index (χ1v) is 11.3. The molecule has 2 aromatic rings. The molecule has 0 aromatic heterocycles. The fraction of sp³-hybridized carbons (Fsp3) is 0.481. The van der Waals surface area contributed by atoms with Crippen molar-refractivity contribution in [2.75, 3.05) is 0 Å². The normalized spacial score (nSPS) is 19.9. The van der Waals surface area contributed by atoms with Gasteiger partial charge in [-0.2, -0.15) is 0 Å². The molecule has 1 aliphatic carbocycles. The lowest BCUT2D eigenvalue weighted by atomic mass is 9.83. The molecule has 0 aliphatic heterocycles. The van der Waals surface area contributed by atoms with Crippen molar-refractivity contribution in [2.45, 2.75) is 83.2 Å². The summed E-state index contributed by atoms with van der Waals surface area (Å²) in [4.78, 5) is 0. The van der Waals surface area contributed by atoms with Crippen LogP contribution in [0.15, 0.2) is 54.6 Å². The van der Waals surface area contributed by atoms with Crippen molar-refractivity contribution in [2.24, 2.45) is 0 Å². The third kappa shape index (κ3) is 6.33. The van der Waals surface area contributed by atoms with Crippen LogP contribution in [0.1, 0.15) is 88.2 Å². The van der Waals surface area contributed by atoms with E-state index in [0.717, 1.165) is 25.7 Å². The maximum absolute atomic E-state index is 13.3. The van der Waals surface area contributed by atoms with E-state index >= 15 is 0 Å². The average molecular weight is 379 g/mol. The molecule has 0 radical (unpaired) electrons. The number of hydrogen-bond acceptors (Lipinski definition) is 0. The van der Waals surface area contributed by atoms with Gasteiger partial charge in [-0.1, -0.05) is 93.3 Å². The molecule has 0 heterocycles. The molecule has 150 valence electrons. The van der Waals surface area contributed by atoms with Crippen LogP contribution in [0.2, 0.25) is 0 Å². The highest BCUT2D eigenvalue weighted by molar-refractivity contribution is 5.66. The summed E-state index contributed by atoms with van der Waals surface area (Å²) in [6.45, 7) is 2.26. The summed E-state index contributed by atoms with van der Waals surface area (Å²) in [7, 11) is 0. The van der Waals surface area contributed by atoms with Gasteiger partial charge in [0, 0.05) is 0 Å². The van der Waals surface area contributed by atoms with E-state index in [-0.39, 0.29) is 0 Å². The number of allylic oxidation sites excluding steroid dienone is 1. The minimum absolute atomic E-state index is 0.538. The molecule has 2 aromatic carbocycles. The number of halogens is 1. The van der Waals surface area contributed by atoms with Crippen LogP contribution in [0.25, 0.3) is 17.2 Å². The third-order valence-corrected chi connectivity index (χ3v) is 6.07. The number of rotatable bonds is 9. The summed E-state index contributed by atoms with van der Waals surface area (Å²) in [5, 5.41) is 0. The number of alkyl halides is 1. The predicted octanol–water partition coefficient (Wildman–Crippen LogP) is 8.72. The van der Waals surface area contributed by atoms with E-state index in [2.05, 4.69) is 67.6 Å². The van der Waals surface area contributed by atoms with Crippen LogP contribution < -0.4 is 0 Å². The number of benzene rings is 2. The molecular weight excluding hydrogens is 343 g/mol. The highest BCUT2D eigenvalue weighted by atomic mass is 19.1. The summed E-state index contributed by atoms with van der Waals surface area (Å²) in [5.41, 5.74) is 5.16. The van der Waals surface area contributed by atoms with E-state index in [1.54, 1.807) is 0 Å². The van der Waals surface area contributed by atoms with Crippen LogP contribution in [0.3, 0.4) is 0 Å². The van der Waals surface area contributed by atoms with Crippen molar-refractivity contribution in [3.05, 3.63) is 65.7 Å². The van der Waals surface area contributed by atoms with Crippen LogP contribution in [0.5, 0.6) is 0 Å². The Hall–Kier alpha value is -1.89. The first-order valence-electron chi connectivity index (χ1n) is 11.3. The van der Waals surface area contributed by atoms with Crippen LogP contribution in [0.4, 0.5) is 4.39 Å². The van der Waals surface area contributed by atoms with Gasteiger partial charge in [-0.15, -0.1) is 0 Å². The maximum Gasteiger partial charge on any atom is 0.100 e. The number of unbranched alkanes of at least 4 members (excludes halogenated alkanes) is 5. The first-order chi connectivity index (χ1) is 13.8. The summed E-state index contributed by atoms with van der Waals surface area (Å²) in [6, 6.07) is 17.8. The lowest BCUT2D eigenvalue weighted by Gasteiger charge is -2.24. The van der Waals surface area contributed by atoms with Crippen LogP contribution in [-0.4, -0.2) is 6.17 Å². The van der Waals surface area contributed by atoms with Gasteiger partial charge in [-0.3, -0.25) is 0 Å². The molecule has 0 amide bonds. The zero-order valence-electron chi connectivity index (χ0n) is 17.4. The van der Waals surface area contributed by atoms with E-state index in [4.69, 9.17) is 0 Å². The topological polar surface area (TPSA) is 0 Å². The first kappa shape index (κ1) is 20.8. The molecule has 1 saturated carbocycles. The molecule has 1 aliphatic rings. The Labute approximate surface area is 170 Å². The van der Waals surface area contributed by atoms with Crippen LogP contribution >= 0.6 is 0 Å². The molecule has 0 saturated heterocycles. The zero-order valence-corrected chi connectivity index (χ0v) is 17.4. The molecule has 0 spiro atoms. The lowest BCUT2D eigenvalue weighted by molar-refractivity contribution is 0.235. The Bertz CT molecular complexity index is 703. The van der Waals surface area contributed by atoms with Crippen molar-refractivity contribution in [1.29, 1.82) is 0 Å². The van der Waals surface area contributed by atoms with E-state index < -0.39 is 6.17 Å². The lowest BCUT2D eigenvalue weighted by Crippen LogP contribution is -2.13. The molecule has 0 bridgehead atoms. The molecule has 1 fully saturated rings. The van der Waals surface area contributed by atoms with Gasteiger partial charge >= 0.3 is 0 Å². The van der Waals surface area contributed by atoms with Crippen LogP contribution in [-0.2, 0) is 0 Å². The van der Waals surface area contributed by atoms with Crippen molar-refractivity contribution >= 4 is 6.08 Å². The SMILES string of the molecule is CCCCCCC/C=C/c1ccc(-c2ccc(C3CCC(F)CC3)cc2)cc1. The third-order valence-electron chi connectivity index (χ3n) is 6.07. The van der Waals surface area contributed by atoms with Crippen molar-refractivity contribution in [3.63, 3.8) is 0 Å². The second kappa shape index (κ2) is 11.2. The van der Waals surface area contributed by atoms with Gasteiger partial charge in [0.25, 0.3) is 0 Å². The van der Waals surface area contributed by atoms with Gasteiger partial charge < -0.3 is 0 Å². The van der Waals surface area contributed by atoms with Gasteiger partial charge in [0.15, 0.2) is 0 Å². The Morgan fingerprint density at radius 1 is 0.786 bits per heavy atom. The highest BCUT2D eigenvalue weighted by Gasteiger charge is 2.21. The van der Waals surface area contributed by atoms with E-state index in [1.165, 1.54) is 60.8 Å². The monoisotopic (exact) mass is 378 g/mol. The maximum atomic E-state index is 13.3. The molecule has 3 rings (SSSR count). The zero-order chi connectivity index (χ0) is 19.6.